The number of aryl methyl sites for hydroxylation is 2. The number of nitrogens with zero attached hydrogens (tertiary/aromatic N) is 5. The van der Waals surface area contributed by atoms with Gasteiger partial charge in [-0.25, -0.2) is 4.98 Å². The number of benzene rings is 2. The summed E-state index contributed by atoms with van der Waals surface area (Å²) in [5.74, 6) is -1.36. The molecule has 218 valence electrons. The number of nitro groups is 1. The van der Waals surface area contributed by atoms with Crippen LogP contribution < -0.4 is 26.8 Å². The van der Waals surface area contributed by atoms with Crippen molar-refractivity contribution in [3.63, 3.8) is 0 Å². The molecule has 0 aliphatic carbocycles. The number of nitrogens with one attached hydrogen (secondary N) is 2. The Bertz CT molecular complexity index is 1740. The number of hydrogen-bond donors (Lipinski definition) is 4. The molecule has 2 heterocycles. The maximum Gasteiger partial charge on any atom is 0.293 e. The van der Waals surface area contributed by atoms with E-state index in [-0.39, 0.29) is 41.5 Å². The van der Waals surface area contributed by atoms with Crippen LogP contribution in [0.1, 0.15) is 43.8 Å². The monoisotopic (exact) mass is 575 g/mol. The number of carbonyl (C=O) groups is 3. The number of amides is 3. The fraction of sp³-hybridized carbons (Fsp3) is 0.222. The third-order valence-electron chi connectivity index (χ3n) is 6.31. The number of nitrogens with two attached hydrogens (primary N) is 2. The standard InChI is InChI=1S/C27H29N9O6/c1-4-35-21(11-15(2)33-35)26(39)32-27-31-19-12-17(25(29)38)14-22(42-3)23(19)34(27)10-6-5-9-30-18-8-7-16(24(28)37)13-20(18)36(40)41/h5-8,11-14,30H,4,9-10H2,1-3H3,(H2,28,37)(H2,29,38)(H,31,32,39). The molecule has 4 aromatic rings. The van der Waals surface area contributed by atoms with Crippen LogP contribution in [-0.2, 0) is 13.1 Å². The maximum atomic E-state index is 13.2. The molecule has 0 saturated heterocycles. The molecule has 0 spiro atoms. The Morgan fingerprint density at radius 2 is 1.83 bits per heavy atom. The number of anilines is 2. The van der Waals surface area contributed by atoms with Crippen LogP contribution in [0.15, 0.2) is 48.6 Å². The number of ether oxygens (including phenoxy) is 1. The quantitative estimate of drug-likeness (QED) is 0.111. The molecule has 3 amide bonds. The average Bonchev–Trinajstić information content (AvgIpc) is 3.51. The normalized spacial score (nSPS) is 11.1. The van der Waals surface area contributed by atoms with Crippen molar-refractivity contribution in [2.24, 2.45) is 11.5 Å². The Morgan fingerprint density at radius 1 is 1.10 bits per heavy atom. The van der Waals surface area contributed by atoms with Gasteiger partial charge in [-0.3, -0.25) is 34.5 Å². The van der Waals surface area contributed by atoms with Gasteiger partial charge in [0.25, 0.3) is 11.6 Å². The second-order valence-corrected chi connectivity index (χ2v) is 9.10. The molecule has 0 saturated carbocycles. The minimum Gasteiger partial charge on any atom is -0.494 e. The second kappa shape index (κ2) is 12.2. The number of imidazole rings is 1. The molecular weight excluding hydrogens is 546 g/mol. The van der Waals surface area contributed by atoms with Crippen LogP contribution in [0.3, 0.4) is 0 Å². The SMILES string of the molecule is CCn1nc(C)cc1C(=O)Nc1nc2cc(C(N)=O)cc(OC)c2n1CC=CCNc1ccc(C(N)=O)cc1[N+](=O)[O-]. The van der Waals surface area contributed by atoms with E-state index in [1.54, 1.807) is 34.4 Å². The fourth-order valence-electron chi connectivity index (χ4n) is 4.35. The van der Waals surface area contributed by atoms with Gasteiger partial charge in [0, 0.05) is 36.8 Å². The van der Waals surface area contributed by atoms with Gasteiger partial charge in [0.2, 0.25) is 17.8 Å². The van der Waals surface area contributed by atoms with Crippen molar-refractivity contribution in [1.29, 1.82) is 0 Å². The molecule has 15 heteroatoms. The second-order valence-electron chi connectivity index (χ2n) is 9.10. The number of fused-ring (bicyclic) bond motifs is 1. The Balaban J connectivity index is 1.64. The molecule has 42 heavy (non-hydrogen) atoms. The summed E-state index contributed by atoms with van der Waals surface area (Å²) >= 11 is 0. The predicted octanol–water partition coefficient (Wildman–Crippen LogP) is 2.60. The molecule has 0 unspecified atom stereocenters. The Kier molecular flexibility index (Phi) is 8.50. The van der Waals surface area contributed by atoms with Crippen molar-refractivity contribution >= 4 is 46.1 Å². The molecule has 0 bridgehead atoms. The van der Waals surface area contributed by atoms with Crippen LogP contribution >= 0.6 is 0 Å². The van der Waals surface area contributed by atoms with E-state index in [0.29, 0.717) is 34.7 Å². The van der Waals surface area contributed by atoms with Gasteiger partial charge < -0.3 is 26.1 Å². The number of nitro benzene ring substituents is 1. The van der Waals surface area contributed by atoms with E-state index < -0.39 is 22.6 Å². The van der Waals surface area contributed by atoms with Crippen molar-refractivity contribution in [3.8, 4) is 5.75 Å². The zero-order chi connectivity index (χ0) is 30.6. The molecule has 2 aromatic carbocycles. The summed E-state index contributed by atoms with van der Waals surface area (Å²) in [5, 5.41) is 21.5. The molecular formula is C27H29N9O6. The van der Waals surface area contributed by atoms with Crippen LogP contribution in [-0.4, -0.2) is 55.6 Å². The van der Waals surface area contributed by atoms with E-state index in [1.165, 1.54) is 31.4 Å². The Hall–Kier alpha value is -5.73. The van der Waals surface area contributed by atoms with E-state index in [9.17, 15) is 24.5 Å². The molecule has 2 aromatic heterocycles. The first-order valence-electron chi connectivity index (χ1n) is 12.7. The van der Waals surface area contributed by atoms with Crippen molar-refractivity contribution in [2.75, 3.05) is 24.3 Å². The molecule has 6 N–H and O–H groups in total. The zero-order valence-electron chi connectivity index (χ0n) is 23.1. The van der Waals surface area contributed by atoms with Gasteiger partial charge >= 0.3 is 0 Å². The van der Waals surface area contributed by atoms with Crippen LogP contribution in [0.5, 0.6) is 5.75 Å². The summed E-state index contributed by atoms with van der Waals surface area (Å²) in [6.45, 7) is 4.54. The molecule has 0 radical (unpaired) electrons. The highest BCUT2D eigenvalue weighted by molar-refractivity contribution is 6.04. The number of aromatic nitrogens is 4. The van der Waals surface area contributed by atoms with Gasteiger partial charge in [0.1, 0.15) is 22.6 Å². The number of carbonyl (C=O) groups excluding carboxylic acids is 3. The molecule has 4 rings (SSSR count). The topological polar surface area (TPSA) is 215 Å². The summed E-state index contributed by atoms with van der Waals surface area (Å²) in [4.78, 5) is 51.9. The minimum absolute atomic E-state index is 0.0231. The summed E-state index contributed by atoms with van der Waals surface area (Å²) in [6.07, 6.45) is 3.48. The third kappa shape index (κ3) is 6.04. The van der Waals surface area contributed by atoms with E-state index in [4.69, 9.17) is 16.2 Å². The average molecular weight is 576 g/mol. The van der Waals surface area contributed by atoms with E-state index in [2.05, 4.69) is 20.7 Å². The lowest BCUT2D eigenvalue weighted by atomic mass is 10.1. The number of rotatable bonds is 12. The molecule has 0 aliphatic heterocycles. The van der Waals surface area contributed by atoms with Gasteiger partial charge in [0.05, 0.1) is 23.2 Å². The fourth-order valence-corrected chi connectivity index (χ4v) is 4.35. The first-order chi connectivity index (χ1) is 20.0. The van der Waals surface area contributed by atoms with Gasteiger partial charge in [-0.1, -0.05) is 12.2 Å². The number of primary amides is 2. The molecule has 0 aliphatic rings. The first kappa shape index (κ1) is 29.3. The van der Waals surface area contributed by atoms with Crippen molar-refractivity contribution in [2.45, 2.75) is 26.9 Å². The predicted molar refractivity (Wildman–Crippen MR) is 155 cm³/mol. The van der Waals surface area contributed by atoms with Crippen molar-refractivity contribution in [3.05, 3.63) is 81.2 Å². The Morgan fingerprint density at radius 3 is 2.48 bits per heavy atom. The summed E-state index contributed by atoms with van der Waals surface area (Å²) in [5.41, 5.74) is 12.8. The smallest absolute Gasteiger partial charge is 0.293 e. The molecule has 15 nitrogen and oxygen atoms in total. The zero-order valence-corrected chi connectivity index (χ0v) is 23.1. The lowest BCUT2D eigenvalue weighted by molar-refractivity contribution is -0.384. The first-order valence-corrected chi connectivity index (χ1v) is 12.7. The maximum absolute atomic E-state index is 13.2. The van der Waals surface area contributed by atoms with Crippen LogP contribution in [0.2, 0.25) is 0 Å². The van der Waals surface area contributed by atoms with Gasteiger partial charge in [-0.05, 0) is 44.2 Å². The van der Waals surface area contributed by atoms with Gasteiger partial charge in [-0.2, -0.15) is 5.10 Å². The van der Waals surface area contributed by atoms with E-state index >= 15 is 0 Å². The largest absolute Gasteiger partial charge is 0.494 e. The Labute approximate surface area is 239 Å². The summed E-state index contributed by atoms with van der Waals surface area (Å²) in [7, 11) is 1.44. The molecule has 0 fully saturated rings. The van der Waals surface area contributed by atoms with Crippen molar-refractivity contribution in [1.82, 2.24) is 19.3 Å². The summed E-state index contributed by atoms with van der Waals surface area (Å²) < 4.78 is 8.79. The van der Waals surface area contributed by atoms with Crippen LogP contribution in [0.25, 0.3) is 11.0 Å². The molecule has 0 atom stereocenters. The summed E-state index contributed by atoms with van der Waals surface area (Å²) in [6, 6.07) is 8.58. The number of methoxy groups -OCH3 is 1. The minimum atomic E-state index is -0.771. The third-order valence-corrected chi connectivity index (χ3v) is 6.31. The van der Waals surface area contributed by atoms with Crippen LogP contribution in [0, 0.1) is 17.0 Å². The highest BCUT2D eigenvalue weighted by Crippen LogP contribution is 2.31. The van der Waals surface area contributed by atoms with E-state index in [1.807, 2.05) is 6.92 Å². The number of allylic oxidation sites excluding steroid dienone is 1. The lowest BCUT2D eigenvalue weighted by Crippen LogP contribution is -2.20. The van der Waals surface area contributed by atoms with Gasteiger partial charge in [-0.15, -0.1) is 0 Å². The number of hydrogen-bond acceptors (Lipinski definition) is 9. The van der Waals surface area contributed by atoms with E-state index in [0.717, 1.165) is 6.07 Å². The highest BCUT2D eigenvalue weighted by Gasteiger charge is 2.21. The lowest BCUT2D eigenvalue weighted by Gasteiger charge is -2.11. The van der Waals surface area contributed by atoms with Crippen molar-refractivity contribution < 1.29 is 24.0 Å². The van der Waals surface area contributed by atoms with Gasteiger partial charge in [0.15, 0.2) is 0 Å². The van der Waals surface area contributed by atoms with Crippen LogP contribution in [0.4, 0.5) is 17.3 Å². The highest BCUT2D eigenvalue weighted by atomic mass is 16.6.